The van der Waals surface area contributed by atoms with E-state index in [0.717, 1.165) is 18.4 Å². The standard InChI is InChI=1S/C17H36N2O/c1-14(2)16-9-8-12-19(16)11-7-6-10-17(5,13-20)18-15(3)4/h14-16,18,20H,6-13H2,1-5H3. The van der Waals surface area contributed by atoms with Crippen LogP contribution < -0.4 is 5.32 Å². The van der Waals surface area contributed by atoms with Gasteiger partial charge in [-0.25, -0.2) is 0 Å². The third-order valence-corrected chi connectivity index (χ3v) is 4.59. The Morgan fingerprint density at radius 2 is 1.95 bits per heavy atom. The molecule has 2 N–H and O–H groups in total. The molecule has 1 heterocycles. The third-order valence-electron chi connectivity index (χ3n) is 4.59. The number of rotatable bonds is 9. The molecule has 0 aromatic carbocycles. The third kappa shape index (κ3) is 5.71. The second-order valence-corrected chi connectivity index (χ2v) is 7.46. The van der Waals surface area contributed by atoms with E-state index >= 15 is 0 Å². The van der Waals surface area contributed by atoms with Crippen LogP contribution in [0, 0.1) is 5.92 Å². The summed E-state index contributed by atoms with van der Waals surface area (Å²) in [5.41, 5.74) is -0.114. The highest BCUT2D eigenvalue weighted by molar-refractivity contribution is 4.85. The number of nitrogens with zero attached hydrogens (tertiary/aromatic N) is 1. The highest BCUT2D eigenvalue weighted by atomic mass is 16.3. The molecule has 0 aromatic rings. The summed E-state index contributed by atoms with van der Waals surface area (Å²) in [5, 5.41) is 13.1. The van der Waals surface area contributed by atoms with Crippen molar-refractivity contribution in [3.8, 4) is 0 Å². The van der Waals surface area contributed by atoms with Crippen LogP contribution in [-0.2, 0) is 0 Å². The van der Waals surface area contributed by atoms with E-state index in [1.165, 1.54) is 38.8 Å². The Hall–Kier alpha value is -0.120. The fourth-order valence-electron chi connectivity index (χ4n) is 3.61. The molecule has 2 atom stereocenters. The summed E-state index contributed by atoms with van der Waals surface area (Å²) in [4.78, 5) is 2.68. The monoisotopic (exact) mass is 284 g/mol. The van der Waals surface area contributed by atoms with E-state index in [2.05, 4.69) is 44.8 Å². The summed E-state index contributed by atoms with van der Waals surface area (Å²) >= 11 is 0. The zero-order chi connectivity index (χ0) is 15.2. The molecule has 1 saturated heterocycles. The van der Waals surface area contributed by atoms with E-state index in [9.17, 15) is 5.11 Å². The van der Waals surface area contributed by atoms with Crippen LogP contribution in [0.15, 0.2) is 0 Å². The molecule has 1 rings (SSSR count). The molecule has 0 spiro atoms. The number of aliphatic hydroxyl groups excluding tert-OH is 1. The van der Waals surface area contributed by atoms with Crippen molar-refractivity contribution in [3.63, 3.8) is 0 Å². The summed E-state index contributed by atoms with van der Waals surface area (Å²) in [6, 6.07) is 1.23. The highest BCUT2D eigenvalue weighted by Gasteiger charge is 2.27. The number of likely N-dealkylation sites (tertiary alicyclic amines) is 1. The number of nitrogens with one attached hydrogen (secondary N) is 1. The lowest BCUT2D eigenvalue weighted by atomic mass is 9.94. The zero-order valence-electron chi connectivity index (χ0n) is 14.3. The second kappa shape index (κ2) is 8.35. The molecule has 3 heteroatoms. The fourth-order valence-corrected chi connectivity index (χ4v) is 3.61. The molecule has 120 valence electrons. The maximum atomic E-state index is 9.59. The van der Waals surface area contributed by atoms with Crippen LogP contribution in [0.5, 0.6) is 0 Å². The Kier molecular flexibility index (Phi) is 7.49. The van der Waals surface area contributed by atoms with Gasteiger partial charge in [-0.2, -0.15) is 0 Å². The first-order valence-electron chi connectivity index (χ1n) is 8.50. The Morgan fingerprint density at radius 3 is 2.50 bits per heavy atom. The van der Waals surface area contributed by atoms with Gasteiger partial charge in [0.2, 0.25) is 0 Å². The molecular formula is C17H36N2O. The topological polar surface area (TPSA) is 35.5 Å². The van der Waals surface area contributed by atoms with Gasteiger partial charge in [0.15, 0.2) is 0 Å². The van der Waals surface area contributed by atoms with Crippen LogP contribution in [0.1, 0.15) is 66.7 Å². The summed E-state index contributed by atoms with van der Waals surface area (Å²) in [6.07, 6.45) is 6.24. The van der Waals surface area contributed by atoms with Crippen LogP contribution in [0.2, 0.25) is 0 Å². The van der Waals surface area contributed by atoms with Crippen LogP contribution in [0.25, 0.3) is 0 Å². The van der Waals surface area contributed by atoms with E-state index < -0.39 is 0 Å². The highest BCUT2D eigenvalue weighted by Crippen LogP contribution is 2.24. The molecule has 0 amide bonds. The van der Waals surface area contributed by atoms with E-state index in [1.54, 1.807) is 0 Å². The van der Waals surface area contributed by atoms with E-state index in [4.69, 9.17) is 0 Å². The van der Waals surface area contributed by atoms with Crippen molar-refractivity contribution < 1.29 is 5.11 Å². The first kappa shape index (κ1) is 17.9. The SMILES string of the molecule is CC(C)NC(C)(CO)CCCCN1CCCC1C(C)C. The minimum absolute atomic E-state index is 0.114. The molecule has 0 aliphatic carbocycles. The van der Waals surface area contributed by atoms with Gasteiger partial charge in [-0.1, -0.05) is 34.1 Å². The van der Waals surface area contributed by atoms with Gasteiger partial charge in [-0.15, -0.1) is 0 Å². The Labute approximate surface area is 126 Å². The van der Waals surface area contributed by atoms with Crippen molar-refractivity contribution in [2.75, 3.05) is 19.7 Å². The lowest BCUT2D eigenvalue weighted by molar-refractivity contribution is 0.149. The van der Waals surface area contributed by atoms with Crippen molar-refractivity contribution >= 4 is 0 Å². The first-order valence-corrected chi connectivity index (χ1v) is 8.50. The van der Waals surface area contributed by atoms with E-state index in [0.29, 0.717) is 6.04 Å². The smallest absolute Gasteiger partial charge is 0.0610 e. The predicted octanol–water partition coefficient (Wildman–Crippen LogP) is 3.03. The number of hydrogen-bond acceptors (Lipinski definition) is 3. The van der Waals surface area contributed by atoms with Gasteiger partial charge in [0.05, 0.1) is 6.61 Å². The lowest BCUT2D eigenvalue weighted by Gasteiger charge is -2.32. The van der Waals surface area contributed by atoms with Gasteiger partial charge in [0, 0.05) is 17.6 Å². The van der Waals surface area contributed by atoms with E-state index in [-0.39, 0.29) is 12.1 Å². The molecule has 0 radical (unpaired) electrons. The zero-order valence-corrected chi connectivity index (χ0v) is 14.3. The average molecular weight is 284 g/mol. The normalized spacial score (nSPS) is 23.7. The molecule has 0 saturated carbocycles. The minimum atomic E-state index is -0.114. The number of unbranched alkanes of at least 4 members (excludes halogenated alkanes) is 1. The van der Waals surface area contributed by atoms with Crippen LogP contribution in [-0.4, -0.2) is 47.3 Å². The molecule has 20 heavy (non-hydrogen) atoms. The largest absolute Gasteiger partial charge is 0.394 e. The summed E-state index contributed by atoms with van der Waals surface area (Å²) in [6.45, 7) is 13.9. The van der Waals surface area contributed by atoms with Crippen LogP contribution in [0.3, 0.4) is 0 Å². The van der Waals surface area contributed by atoms with Crippen molar-refractivity contribution in [3.05, 3.63) is 0 Å². The molecular weight excluding hydrogens is 248 g/mol. The van der Waals surface area contributed by atoms with E-state index in [1.807, 2.05) is 0 Å². The Bertz CT molecular complexity index is 268. The summed E-state index contributed by atoms with van der Waals surface area (Å²) in [5.74, 6) is 0.780. The quantitative estimate of drug-likeness (QED) is 0.639. The lowest BCUT2D eigenvalue weighted by Crippen LogP contribution is -2.49. The van der Waals surface area contributed by atoms with Crippen molar-refractivity contribution in [2.24, 2.45) is 5.92 Å². The molecule has 0 bridgehead atoms. The van der Waals surface area contributed by atoms with Gasteiger partial charge >= 0.3 is 0 Å². The summed E-state index contributed by atoms with van der Waals surface area (Å²) in [7, 11) is 0. The van der Waals surface area contributed by atoms with Gasteiger partial charge in [-0.3, -0.25) is 0 Å². The maximum absolute atomic E-state index is 9.59. The van der Waals surface area contributed by atoms with Crippen LogP contribution in [0.4, 0.5) is 0 Å². The molecule has 0 aromatic heterocycles. The van der Waals surface area contributed by atoms with Gasteiger partial charge in [0.1, 0.15) is 0 Å². The minimum Gasteiger partial charge on any atom is -0.394 e. The maximum Gasteiger partial charge on any atom is 0.0610 e. The second-order valence-electron chi connectivity index (χ2n) is 7.46. The number of aliphatic hydroxyl groups is 1. The van der Waals surface area contributed by atoms with Gasteiger partial charge < -0.3 is 15.3 Å². The van der Waals surface area contributed by atoms with Gasteiger partial charge in [-0.05, 0) is 51.6 Å². The van der Waals surface area contributed by atoms with Gasteiger partial charge in [0.25, 0.3) is 0 Å². The fraction of sp³-hybridized carbons (Fsp3) is 1.00. The number of hydrogen-bond donors (Lipinski definition) is 2. The average Bonchev–Trinajstić information content (AvgIpc) is 2.82. The molecule has 1 aliphatic heterocycles. The molecule has 2 unspecified atom stereocenters. The predicted molar refractivity (Wildman–Crippen MR) is 87.0 cm³/mol. The van der Waals surface area contributed by atoms with Crippen molar-refractivity contribution in [1.29, 1.82) is 0 Å². The molecule has 3 nitrogen and oxygen atoms in total. The van der Waals surface area contributed by atoms with Crippen molar-refractivity contribution in [1.82, 2.24) is 10.2 Å². The van der Waals surface area contributed by atoms with Crippen LogP contribution >= 0.6 is 0 Å². The Morgan fingerprint density at radius 1 is 1.25 bits per heavy atom. The Balaban J connectivity index is 2.26. The van der Waals surface area contributed by atoms with Crippen molar-refractivity contribution in [2.45, 2.75) is 84.3 Å². The first-order chi connectivity index (χ1) is 9.38. The molecule has 1 aliphatic rings. The molecule has 1 fully saturated rings. The summed E-state index contributed by atoms with van der Waals surface area (Å²) < 4.78 is 0.